The van der Waals surface area contributed by atoms with Crippen molar-refractivity contribution in [3.05, 3.63) is 79.9 Å². The van der Waals surface area contributed by atoms with E-state index in [1.54, 1.807) is 6.07 Å². The van der Waals surface area contributed by atoms with Crippen LogP contribution in [-0.4, -0.2) is 5.91 Å². The summed E-state index contributed by atoms with van der Waals surface area (Å²) in [6, 6.07) is 17.4. The van der Waals surface area contributed by atoms with E-state index in [4.69, 9.17) is 11.6 Å². The number of carbonyl (C=O) groups excluding carboxylic acids is 1. The third-order valence-electron chi connectivity index (χ3n) is 3.38. The summed E-state index contributed by atoms with van der Waals surface area (Å²) in [5.74, 6) is -0.155. The van der Waals surface area contributed by atoms with Crippen LogP contribution in [0.2, 0.25) is 5.02 Å². The van der Waals surface area contributed by atoms with Gasteiger partial charge < -0.3 is 10.6 Å². The summed E-state index contributed by atoms with van der Waals surface area (Å²) in [4.78, 5) is 12.9. The predicted octanol–water partition coefficient (Wildman–Crippen LogP) is 6.03. The summed E-state index contributed by atoms with van der Waals surface area (Å²) in [5.41, 5.74) is 2.67. The molecule has 0 atom stereocenters. The van der Waals surface area contributed by atoms with Gasteiger partial charge >= 0.3 is 0 Å². The molecule has 0 fully saturated rings. The quantitative estimate of drug-likeness (QED) is 0.528. The van der Waals surface area contributed by atoms with Gasteiger partial charge in [-0.05, 0) is 51.1 Å². The van der Waals surface area contributed by atoms with Crippen LogP contribution >= 0.6 is 38.9 Å². The van der Waals surface area contributed by atoms with E-state index in [0.717, 1.165) is 10.2 Å². The van der Waals surface area contributed by atoms with Gasteiger partial charge in [0, 0.05) is 16.7 Å². The Hall–Kier alpha value is -1.82. The molecule has 0 saturated carbocycles. The Morgan fingerprint density at radius 3 is 2.58 bits per heavy atom. The number of anilines is 2. The molecular formula is C18H14BrClN2OS. The van der Waals surface area contributed by atoms with Gasteiger partial charge in [-0.2, -0.15) is 0 Å². The van der Waals surface area contributed by atoms with Crippen LogP contribution in [0, 0.1) is 0 Å². The summed E-state index contributed by atoms with van der Waals surface area (Å²) < 4.78 is 0.789. The molecule has 0 aliphatic rings. The number of benzene rings is 2. The first kappa shape index (κ1) is 17.0. The van der Waals surface area contributed by atoms with E-state index >= 15 is 0 Å². The van der Waals surface area contributed by atoms with Gasteiger partial charge in [-0.25, -0.2) is 0 Å². The Morgan fingerprint density at radius 1 is 1.12 bits per heavy atom. The van der Waals surface area contributed by atoms with Gasteiger partial charge in [0.05, 0.1) is 10.7 Å². The number of hydrogen-bond acceptors (Lipinski definition) is 3. The van der Waals surface area contributed by atoms with Gasteiger partial charge in [-0.1, -0.05) is 41.9 Å². The molecule has 6 heteroatoms. The maximum atomic E-state index is 12.2. The van der Waals surface area contributed by atoms with Crippen LogP contribution < -0.4 is 10.6 Å². The highest BCUT2D eigenvalue weighted by Crippen LogP contribution is 2.28. The van der Waals surface area contributed by atoms with Crippen molar-refractivity contribution in [1.29, 1.82) is 0 Å². The largest absolute Gasteiger partial charge is 0.380 e. The first-order valence-corrected chi connectivity index (χ1v) is 9.30. The summed E-state index contributed by atoms with van der Waals surface area (Å²) in [5, 5.41) is 8.58. The number of nitrogens with one attached hydrogen (secondary N) is 2. The van der Waals surface area contributed by atoms with Crippen molar-refractivity contribution in [2.45, 2.75) is 6.54 Å². The molecule has 0 saturated heterocycles. The van der Waals surface area contributed by atoms with Crippen LogP contribution in [0.5, 0.6) is 0 Å². The van der Waals surface area contributed by atoms with E-state index in [1.165, 1.54) is 16.9 Å². The van der Waals surface area contributed by atoms with Crippen LogP contribution in [0.1, 0.15) is 15.2 Å². The average molecular weight is 422 g/mol. The molecule has 0 aliphatic carbocycles. The Bertz CT molecular complexity index is 851. The molecule has 1 aromatic heterocycles. The zero-order valence-electron chi connectivity index (χ0n) is 12.6. The Labute approximate surface area is 157 Å². The second-order valence-corrected chi connectivity index (χ2v) is 7.26. The molecule has 1 heterocycles. The SMILES string of the molecule is O=C(Nc1ccc(NCc2ccccc2)c(Cl)c1)c1sccc1Br. The maximum Gasteiger partial charge on any atom is 0.266 e. The molecule has 1 amide bonds. The van der Waals surface area contributed by atoms with Crippen LogP contribution in [0.15, 0.2) is 64.5 Å². The maximum absolute atomic E-state index is 12.2. The molecule has 3 rings (SSSR count). The van der Waals surface area contributed by atoms with Crippen LogP contribution in [0.4, 0.5) is 11.4 Å². The second-order valence-electron chi connectivity index (χ2n) is 5.09. The van der Waals surface area contributed by atoms with Crippen LogP contribution in [0.25, 0.3) is 0 Å². The minimum atomic E-state index is -0.155. The fourth-order valence-corrected chi connectivity index (χ4v) is 3.87. The highest BCUT2D eigenvalue weighted by molar-refractivity contribution is 9.10. The highest BCUT2D eigenvalue weighted by atomic mass is 79.9. The molecule has 2 N–H and O–H groups in total. The number of carbonyl (C=O) groups is 1. The molecule has 0 bridgehead atoms. The van der Waals surface area contributed by atoms with Crippen molar-refractivity contribution >= 4 is 56.1 Å². The monoisotopic (exact) mass is 420 g/mol. The zero-order chi connectivity index (χ0) is 16.9. The number of thiophene rings is 1. The molecule has 24 heavy (non-hydrogen) atoms. The summed E-state index contributed by atoms with van der Waals surface area (Å²) in [6.45, 7) is 0.689. The lowest BCUT2D eigenvalue weighted by Gasteiger charge is -2.11. The van der Waals surface area contributed by atoms with Crippen molar-refractivity contribution in [3.63, 3.8) is 0 Å². The topological polar surface area (TPSA) is 41.1 Å². The molecule has 3 aromatic rings. The minimum absolute atomic E-state index is 0.155. The van der Waals surface area contributed by atoms with Crippen molar-refractivity contribution in [2.75, 3.05) is 10.6 Å². The lowest BCUT2D eigenvalue weighted by molar-refractivity contribution is 0.103. The molecular weight excluding hydrogens is 408 g/mol. The highest BCUT2D eigenvalue weighted by Gasteiger charge is 2.12. The van der Waals surface area contributed by atoms with E-state index in [-0.39, 0.29) is 5.91 Å². The lowest BCUT2D eigenvalue weighted by atomic mass is 10.2. The molecule has 0 spiro atoms. The van der Waals surface area contributed by atoms with Crippen LogP contribution in [0.3, 0.4) is 0 Å². The Balaban J connectivity index is 1.66. The van der Waals surface area contributed by atoms with Crippen molar-refractivity contribution in [1.82, 2.24) is 0 Å². The Kier molecular flexibility index (Phi) is 5.56. The molecule has 0 radical (unpaired) electrons. The van der Waals surface area contributed by atoms with E-state index in [9.17, 15) is 4.79 Å². The van der Waals surface area contributed by atoms with Gasteiger partial charge in [-0.3, -0.25) is 4.79 Å². The Morgan fingerprint density at radius 2 is 1.92 bits per heavy atom. The van der Waals surface area contributed by atoms with E-state index in [1.807, 2.05) is 53.9 Å². The first-order chi connectivity index (χ1) is 11.6. The molecule has 122 valence electrons. The van der Waals surface area contributed by atoms with Gasteiger partial charge in [-0.15, -0.1) is 11.3 Å². The fourth-order valence-electron chi connectivity index (χ4n) is 2.17. The van der Waals surface area contributed by atoms with E-state index in [0.29, 0.717) is 22.1 Å². The number of hydrogen-bond donors (Lipinski definition) is 2. The van der Waals surface area contributed by atoms with Crippen LogP contribution in [-0.2, 0) is 6.54 Å². The molecule has 2 aromatic carbocycles. The normalized spacial score (nSPS) is 10.4. The van der Waals surface area contributed by atoms with E-state index in [2.05, 4.69) is 26.6 Å². The predicted molar refractivity (Wildman–Crippen MR) is 105 cm³/mol. The number of halogens is 2. The smallest absolute Gasteiger partial charge is 0.266 e. The minimum Gasteiger partial charge on any atom is -0.380 e. The number of amides is 1. The standard InChI is InChI=1S/C18H14BrClN2OS/c19-14-8-9-24-17(14)18(23)22-13-6-7-16(15(20)10-13)21-11-12-4-2-1-3-5-12/h1-10,21H,11H2,(H,22,23). The van der Waals surface area contributed by atoms with Gasteiger partial charge in [0.25, 0.3) is 5.91 Å². The van der Waals surface area contributed by atoms with Crippen molar-refractivity contribution in [2.24, 2.45) is 0 Å². The van der Waals surface area contributed by atoms with Gasteiger partial charge in [0.15, 0.2) is 0 Å². The third-order valence-corrected chi connectivity index (χ3v) is 5.53. The van der Waals surface area contributed by atoms with Gasteiger partial charge in [0.2, 0.25) is 0 Å². The second kappa shape index (κ2) is 7.83. The summed E-state index contributed by atoms with van der Waals surface area (Å²) >= 11 is 11.1. The molecule has 0 unspecified atom stereocenters. The lowest BCUT2D eigenvalue weighted by Crippen LogP contribution is -2.10. The third kappa shape index (κ3) is 4.17. The average Bonchev–Trinajstić information content (AvgIpc) is 3.01. The fraction of sp³-hybridized carbons (Fsp3) is 0.0556. The zero-order valence-corrected chi connectivity index (χ0v) is 15.7. The van der Waals surface area contributed by atoms with Crippen molar-refractivity contribution in [3.8, 4) is 0 Å². The van der Waals surface area contributed by atoms with Gasteiger partial charge in [0.1, 0.15) is 4.88 Å². The summed E-state index contributed by atoms with van der Waals surface area (Å²) in [7, 11) is 0. The van der Waals surface area contributed by atoms with E-state index < -0.39 is 0 Å². The first-order valence-electron chi connectivity index (χ1n) is 7.25. The van der Waals surface area contributed by atoms with Crippen molar-refractivity contribution < 1.29 is 4.79 Å². The molecule has 0 aliphatic heterocycles. The number of rotatable bonds is 5. The summed E-state index contributed by atoms with van der Waals surface area (Å²) in [6.07, 6.45) is 0. The molecule has 3 nitrogen and oxygen atoms in total.